The average Bonchev–Trinajstić information content (AvgIpc) is 3.08. The first-order valence-corrected chi connectivity index (χ1v) is 8.34. The standard InChI is InChI=1S/C18H19N5O4/c1-11-15(12(2)23-18(21-11)19-10-20-23)6-7-16(24)22-13-4-3-5-14(8-13)27-9-17(25)26/h3-5,8,10H,6-7,9H2,1-2H3,(H,22,24)(H,25,26). The first-order chi connectivity index (χ1) is 12.9. The van der Waals surface area contributed by atoms with Gasteiger partial charge in [0.15, 0.2) is 6.61 Å². The number of nitrogens with zero attached hydrogens (tertiary/aromatic N) is 4. The predicted molar refractivity (Wildman–Crippen MR) is 96.8 cm³/mol. The van der Waals surface area contributed by atoms with Crippen LogP contribution in [0.5, 0.6) is 5.75 Å². The number of carbonyl (C=O) groups excluding carboxylic acids is 1. The number of aromatic nitrogens is 4. The molecule has 0 aliphatic heterocycles. The van der Waals surface area contributed by atoms with Crippen LogP contribution in [0.3, 0.4) is 0 Å². The molecule has 0 aliphatic rings. The molecule has 0 saturated carbocycles. The fourth-order valence-corrected chi connectivity index (χ4v) is 2.79. The Hall–Kier alpha value is -3.49. The first kappa shape index (κ1) is 18.3. The molecule has 3 aromatic rings. The van der Waals surface area contributed by atoms with Crippen molar-refractivity contribution in [3.05, 3.63) is 47.5 Å². The lowest BCUT2D eigenvalue weighted by Crippen LogP contribution is -2.14. The number of benzene rings is 1. The highest BCUT2D eigenvalue weighted by Crippen LogP contribution is 2.19. The molecule has 9 heteroatoms. The van der Waals surface area contributed by atoms with E-state index >= 15 is 0 Å². The van der Waals surface area contributed by atoms with E-state index in [0.717, 1.165) is 17.0 Å². The van der Waals surface area contributed by atoms with Crippen molar-refractivity contribution in [2.45, 2.75) is 26.7 Å². The summed E-state index contributed by atoms with van der Waals surface area (Å²) in [6, 6.07) is 6.61. The number of aliphatic carboxylic acids is 1. The minimum Gasteiger partial charge on any atom is -0.482 e. The molecule has 0 aliphatic carbocycles. The molecular weight excluding hydrogens is 350 g/mol. The van der Waals surface area contributed by atoms with Crippen LogP contribution in [0.2, 0.25) is 0 Å². The molecule has 0 atom stereocenters. The zero-order valence-corrected chi connectivity index (χ0v) is 15.0. The van der Waals surface area contributed by atoms with Crippen LogP contribution < -0.4 is 10.1 Å². The number of nitrogens with one attached hydrogen (secondary N) is 1. The number of carboxylic acid groups (broad SMARTS) is 1. The normalized spacial score (nSPS) is 10.7. The molecule has 2 heterocycles. The second kappa shape index (κ2) is 7.81. The number of aryl methyl sites for hydroxylation is 2. The molecule has 140 valence electrons. The van der Waals surface area contributed by atoms with Crippen molar-refractivity contribution in [2.75, 3.05) is 11.9 Å². The molecule has 3 rings (SSSR count). The Kier molecular flexibility index (Phi) is 5.30. The fraction of sp³-hybridized carbons (Fsp3) is 0.278. The highest BCUT2D eigenvalue weighted by Gasteiger charge is 2.13. The lowest BCUT2D eigenvalue weighted by atomic mass is 10.1. The Bertz CT molecular complexity index is 999. The van der Waals surface area contributed by atoms with E-state index in [4.69, 9.17) is 9.84 Å². The second-order valence-electron chi connectivity index (χ2n) is 5.99. The number of anilines is 1. The minimum absolute atomic E-state index is 0.164. The first-order valence-electron chi connectivity index (χ1n) is 8.34. The minimum atomic E-state index is -1.06. The van der Waals surface area contributed by atoms with Crippen LogP contribution in [0.15, 0.2) is 30.6 Å². The average molecular weight is 369 g/mol. The topological polar surface area (TPSA) is 119 Å². The zero-order valence-electron chi connectivity index (χ0n) is 15.0. The van der Waals surface area contributed by atoms with Gasteiger partial charge in [-0.2, -0.15) is 10.1 Å². The van der Waals surface area contributed by atoms with Crippen molar-refractivity contribution in [1.82, 2.24) is 19.6 Å². The largest absolute Gasteiger partial charge is 0.482 e. The summed E-state index contributed by atoms with van der Waals surface area (Å²) in [5.74, 6) is -0.310. The summed E-state index contributed by atoms with van der Waals surface area (Å²) in [4.78, 5) is 31.3. The van der Waals surface area contributed by atoms with E-state index < -0.39 is 12.6 Å². The molecule has 2 N–H and O–H groups in total. The van der Waals surface area contributed by atoms with Gasteiger partial charge in [0.1, 0.15) is 12.1 Å². The summed E-state index contributed by atoms with van der Waals surface area (Å²) in [5.41, 5.74) is 3.24. The highest BCUT2D eigenvalue weighted by atomic mass is 16.5. The van der Waals surface area contributed by atoms with Crippen molar-refractivity contribution < 1.29 is 19.4 Å². The van der Waals surface area contributed by atoms with Crippen molar-refractivity contribution in [3.8, 4) is 5.75 Å². The number of amides is 1. The molecule has 1 aromatic carbocycles. The Morgan fingerprint density at radius 2 is 2.11 bits per heavy atom. The SMILES string of the molecule is Cc1nc2ncnn2c(C)c1CCC(=O)Nc1cccc(OCC(=O)O)c1. The van der Waals surface area contributed by atoms with Crippen molar-refractivity contribution >= 4 is 23.3 Å². The third-order valence-corrected chi connectivity index (χ3v) is 4.07. The number of rotatable bonds is 7. The van der Waals surface area contributed by atoms with Crippen LogP contribution in [0.1, 0.15) is 23.4 Å². The number of ether oxygens (including phenoxy) is 1. The molecule has 1 amide bonds. The van der Waals surface area contributed by atoms with Crippen molar-refractivity contribution in [2.24, 2.45) is 0 Å². The summed E-state index contributed by atoms with van der Waals surface area (Å²) >= 11 is 0. The van der Waals surface area contributed by atoms with Gasteiger partial charge in [0, 0.05) is 29.6 Å². The van der Waals surface area contributed by atoms with Crippen molar-refractivity contribution in [1.29, 1.82) is 0 Å². The van der Waals surface area contributed by atoms with Gasteiger partial charge in [0.2, 0.25) is 5.91 Å². The van der Waals surface area contributed by atoms with Gasteiger partial charge in [-0.1, -0.05) is 6.07 Å². The van der Waals surface area contributed by atoms with Crippen LogP contribution in [-0.2, 0) is 16.0 Å². The quantitative estimate of drug-likeness (QED) is 0.651. The fourth-order valence-electron chi connectivity index (χ4n) is 2.79. The molecule has 2 aromatic heterocycles. The Labute approximate surface area is 155 Å². The molecule has 0 unspecified atom stereocenters. The van der Waals surface area contributed by atoms with Gasteiger partial charge in [-0.25, -0.2) is 14.3 Å². The molecule has 0 fully saturated rings. The van der Waals surface area contributed by atoms with Gasteiger partial charge in [0.05, 0.1) is 0 Å². The third kappa shape index (κ3) is 4.38. The van der Waals surface area contributed by atoms with Crippen molar-refractivity contribution in [3.63, 3.8) is 0 Å². The lowest BCUT2D eigenvalue weighted by molar-refractivity contribution is -0.139. The third-order valence-electron chi connectivity index (χ3n) is 4.07. The van der Waals surface area contributed by atoms with Gasteiger partial charge >= 0.3 is 5.97 Å². The van der Waals surface area contributed by atoms with E-state index in [-0.39, 0.29) is 12.3 Å². The summed E-state index contributed by atoms with van der Waals surface area (Å²) in [7, 11) is 0. The van der Waals surface area contributed by atoms with Gasteiger partial charge in [-0.3, -0.25) is 4.79 Å². The molecule has 0 saturated heterocycles. The summed E-state index contributed by atoms with van der Waals surface area (Å²) in [5, 5.41) is 15.6. The zero-order chi connectivity index (χ0) is 19.4. The van der Waals surface area contributed by atoms with Gasteiger partial charge in [-0.05, 0) is 38.0 Å². The molecular formula is C18H19N5O4. The number of carbonyl (C=O) groups is 2. The van der Waals surface area contributed by atoms with Crippen LogP contribution in [0.25, 0.3) is 5.78 Å². The van der Waals surface area contributed by atoms with Gasteiger partial charge < -0.3 is 15.2 Å². The van der Waals surface area contributed by atoms with Crippen LogP contribution in [0, 0.1) is 13.8 Å². The molecule has 0 bridgehead atoms. The summed E-state index contributed by atoms with van der Waals surface area (Å²) in [6.45, 7) is 3.37. The maximum absolute atomic E-state index is 12.3. The number of carboxylic acids is 1. The number of fused-ring (bicyclic) bond motifs is 1. The van der Waals surface area contributed by atoms with E-state index in [1.165, 1.54) is 6.33 Å². The van der Waals surface area contributed by atoms with Crippen LogP contribution in [-0.4, -0.2) is 43.2 Å². The number of hydrogen-bond acceptors (Lipinski definition) is 6. The van der Waals surface area contributed by atoms with Crippen LogP contribution >= 0.6 is 0 Å². The maximum Gasteiger partial charge on any atom is 0.341 e. The second-order valence-corrected chi connectivity index (χ2v) is 5.99. The lowest BCUT2D eigenvalue weighted by Gasteiger charge is -2.11. The Balaban J connectivity index is 1.63. The smallest absolute Gasteiger partial charge is 0.341 e. The van der Waals surface area contributed by atoms with E-state index in [1.807, 2.05) is 13.8 Å². The Morgan fingerprint density at radius 1 is 1.30 bits per heavy atom. The molecule has 0 spiro atoms. The summed E-state index contributed by atoms with van der Waals surface area (Å²) in [6.07, 6.45) is 2.23. The number of hydrogen-bond donors (Lipinski definition) is 2. The monoisotopic (exact) mass is 369 g/mol. The maximum atomic E-state index is 12.3. The van der Waals surface area contributed by atoms with Gasteiger partial charge in [0.25, 0.3) is 5.78 Å². The Morgan fingerprint density at radius 3 is 2.89 bits per heavy atom. The summed E-state index contributed by atoms with van der Waals surface area (Å²) < 4.78 is 6.77. The van der Waals surface area contributed by atoms with E-state index in [9.17, 15) is 9.59 Å². The van der Waals surface area contributed by atoms with E-state index in [0.29, 0.717) is 23.6 Å². The molecule has 0 radical (unpaired) electrons. The molecule has 9 nitrogen and oxygen atoms in total. The van der Waals surface area contributed by atoms with E-state index in [2.05, 4.69) is 20.4 Å². The predicted octanol–water partition coefficient (Wildman–Crippen LogP) is 1.78. The highest BCUT2D eigenvalue weighted by molar-refractivity contribution is 5.91. The van der Waals surface area contributed by atoms with Gasteiger partial charge in [-0.15, -0.1) is 0 Å². The van der Waals surface area contributed by atoms with E-state index in [1.54, 1.807) is 28.8 Å². The molecule has 27 heavy (non-hydrogen) atoms. The van der Waals surface area contributed by atoms with Crippen LogP contribution in [0.4, 0.5) is 5.69 Å².